The van der Waals surface area contributed by atoms with Crippen molar-refractivity contribution in [3.05, 3.63) is 46.6 Å². The molecule has 0 aromatic rings. The minimum atomic E-state index is -4.13. The van der Waals surface area contributed by atoms with Crippen LogP contribution in [0.4, 0.5) is 4.79 Å². The molecule has 3 N–H and O–H groups in total. The lowest BCUT2D eigenvalue weighted by Crippen LogP contribution is -2.30. The normalized spacial score (nSPS) is 13.4. The van der Waals surface area contributed by atoms with Crippen LogP contribution < -0.4 is 10.5 Å². The number of carbonyl (C=O) groups excluding carboxylic acids is 1. The van der Waals surface area contributed by atoms with Crippen LogP contribution in [0, 0.1) is 0 Å². The third kappa shape index (κ3) is 16.3. The lowest BCUT2D eigenvalue weighted by atomic mass is 10.0. The van der Waals surface area contributed by atoms with E-state index in [4.69, 9.17) is 0 Å². The highest BCUT2D eigenvalue weighted by Crippen LogP contribution is 2.13. The zero-order valence-corrected chi connectivity index (χ0v) is 18.7. The molecule has 0 saturated carbocycles. The number of nitrogens with one attached hydrogen (secondary N) is 1. The molecule has 0 rings (SSSR count). The van der Waals surface area contributed by atoms with Crippen LogP contribution in [-0.2, 0) is 14.5 Å². The predicted molar refractivity (Wildman–Crippen MR) is 116 cm³/mol. The number of hydrogen-bond acceptors (Lipinski definition) is 4. The maximum absolute atomic E-state index is 11.3. The molecule has 0 aromatic heterocycles. The fraction of sp³-hybridized carbons (Fsp3) is 0.571. The molecule has 6 nitrogen and oxygen atoms in total. The van der Waals surface area contributed by atoms with E-state index in [2.05, 4.69) is 60.6 Å². The zero-order chi connectivity index (χ0) is 21.6. The van der Waals surface area contributed by atoms with Crippen molar-refractivity contribution >= 4 is 16.4 Å². The summed E-state index contributed by atoms with van der Waals surface area (Å²) in [4.78, 5) is 10.5. The summed E-state index contributed by atoms with van der Waals surface area (Å²) in [6.45, 7) is 10.6. The standard InChI is InChI=1S/C21H36N2O4S/c1-17(2)9-6-10-18(3)11-7-12-19(4)13-8-14-20(5)15-16-23-28(25,26)27-21(22)24/h9,11,13,15,23H,6-8,10,12,14,16H2,1-5H3,(H2,22,24)/b18-11+,19-13+,20-15+. The fourth-order valence-corrected chi connectivity index (χ4v) is 3.01. The molecule has 0 saturated heterocycles. The second-order valence-corrected chi connectivity index (χ2v) is 8.62. The lowest BCUT2D eigenvalue weighted by molar-refractivity contribution is 0.212. The van der Waals surface area contributed by atoms with Crippen LogP contribution in [0.3, 0.4) is 0 Å². The first kappa shape index (κ1) is 26.1. The SMILES string of the molecule is CC(C)=CCC/C(C)=C/CC/C(C)=C/CC/C(C)=C/CNS(=O)(=O)OC(N)=O. The van der Waals surface area contributed by atoms with Crippen molar-refractivity contribution < 1.29 is 17.4 Å². The van der Waals surface area contributed by atoms with Crippen molar-refractivity contribution in [3.63, 3.8) is 0 Å². The van der Waals surface area contributed by atoms with Gasteiger partial charge in [-0.05, 0) is 73.1 Å². The Bertz CT molecular complexity index is 713. The smallest absolute Gasteiger partial charge is 0.334 e. The molecule has 7 heteroatoms. The maximum Gasteiger partial charge on any atom is 0.421 e. The molecule has 0 heterocycles. The van der Waals surface area contributed by atoms with Gasteiger partial charge in [-0.15, -0.1) is 0 Å². The number of amides is 1. The second kappa shape index (κ2) is 14.2. The molecule has 0 radical (unpaired) electrons. The number of carbonyl (C=O) groups is 1. The van der Waals surface area contributed by atoms with Crippen LogP contribution in [0.5, 0.6) is 0 Å². The maximum atomic E-state index is 11.3. The molecule has 28 heavy (non-hydrogen) atoms. The topological polar surface area (TPSA) is 98.5 Å². The van der Waals surface area contributed by atoms with Gasteiger partial charge in [0.05, 0.1) is 0 Å². The van der Waals surface area contributed by atoms with Gasteiger partial charge < -0.3 is 9.92 Å². The van der Waals surface area contributed by atoms with Gasteiger partial charge in [0.2, 0.25) is 0 Å². The fourth-order valence-electron chi connectivity index (χ4n) is 2.44. The van der Waals surface area contributed by atoms with Crippen molar-refractivity contribution in [3.8, 4) is 0 Å². The Morgan fingerprint density at radius 1 is 0.821 bits per heavy atom. The number of allylic oxidation sites excluding steroid dienone is 7. The van der Waals surface area contributed by atoms with Gasteiger partial charge in [0, 0.05) is 6.54 Å². The minimum absolute atomic E-state index is 0.0565. The van der Waals surface area contributed by atoms with E-state index in [0.717, 1.165) is 44.1 Å². The monoisotopic (exact) mass is 412 g/mol. The van der Waals surface area contributed by atoms with Crippen LogP contribution in [0.15, 0.2) is 46.6 Å². The first-order valence-electron chi connectivity index (χ1n) is 9.60. The summed E-state index contributed by atoms with van der Waals surface area (Å²) >= 11 is 0. The quantitative estimate of drug-likeness (QED) is 0.413. The van der Waals surface area contributed by atoms with Gasteiger partial charge in [0.25, 0.3) is 0 Å². The van der Waals surface area contributed by atoms with E-state index in [1.165, 1.54) is 16.7 Å². The largest absolute Gasteiger partial charge is 0.421 e. The van der Waals surface area contributed by atoms with Crippen LogP contribution in [-0.4, -0.2) is 21.1 Å². The number of rotatable bonds is 13. The van der Waals surface area contributed by atoms with Gasteiger partial charge in [-0.1, -0.05) is 46.6 Å². The number of primary amides is 1. The van der Waals surface area contributed by atoms with Crippen molar-refractivity contribution in [1.82, 2.24) is 4.72 Å². The third-order valence-electron chi connectivity index (χ3n) is 4.06. The molecule has 0 aliphatic rings. The molecule has 0 spiro atoms. The molecule has 0 fully saturated rings. The molecule has 160 valence electrons. The number of hydrogen-bond donors (Lipinski definition) is 2. The molecule has 0 aliphatic heterocycles. The highest BCUT2D eigenvalue weighted by atomic mass is 32.2. The van der Waals surface area contributed by atoms with E-state index in [1.54, 1.807) is 6.08 Å². The van der Waals surface area contributed by atoms with Crippen molar-refractivity contribution in [2.75, 3.05) is 6.54 Å². The Morgan fingerprint density at radius 3 is 1.68 bits per heavy atom. The molecule has 0 aromatic carbocycles. The molecule has 0 atom stereocenters. The average Bonchev–Trinajstić information content (AvgIpc) is 2.53. The van der Waals surface area contributed by atoms with Crippen LogP contribution in [0.25, 0.3) is 0 Å². The van der Waals surface area contributed by atoms with Gasteiger partial charge in [-0.25, -0.2) is 4.79 Å². The Morgan fingerprint density at radius 2 is 1.25 bits per heavy atom. The van der Waals surface area contributed by atoms with E-state index < -0.39 is 16.4 Å². The third-order valence-corrected chi connectivity index (χ3v) is 4.96. The van der Waals surface area contributed by atoms with E-state index in [-0.39, 0.29) is 6.54 Å². The van der Waals surface area contributed by atoms with Gasteiger partial charge in [0.1, 0.15) is 0 Å². The molecule has 0 unspecified atom stereocenters. The highest BCUT2D eigenvalue weighted by molar-refractivity contribution is 7.85. The Hall–Kier alpha value is -1.86. The Labute approximate surface area is 170 Å². The molecule has 0 aliphatic carbocycles. The Balaban J connectivity index is 4.16. The molecular formula is C21H36N2O4S. The molecule has 0 bridgehead atoms. The summed E-state index contributed by atoms with van der Waals surface area (Å²) in [6.07, 6.45) is 13.3. The summed E-state index contributed by atoms with van der Waals surface area (Å²) in [7, 11) is -4.13. The summed E-state index contributed by atoms with van der Waals surface area (Å²) < 4.78 is 28.7. The highest BCUT2D eigenvalue weighted by Gasteiger charge is 2.12. The summed E-state index contributed by atoms with van der Waals surface area (Å²) in [5, 5.41) is 0. The molecule has 1 amide bonds. The van der Waals surface area contributed by atoms with E-state index in [9.17, 15) is 13.2 Å². The summed E-state index contributed by atoms with van der Waals surface area (Å²) in [5.41, 5.74) is 9.90. The van der Waals surface area contributed by atoms with Crippen molar-refractivity contribution in [1.29, 1.82) is 0 Å². The van der Waals surface area contributed by atoms with Crippen LogP contribution in [0.1, 0.15) is 73.1 Å². The predicted octanol–water partition coefficient (Wildman–Crippen LogP) is 5.06. The first-order chi connectivity index (χ1) is 13.0. The average molecular weight is 413 g/mol. The Kier molecular flexibility index (Phi) is 13.2. The van der Waals surface area contributed by atoms with E-state index in [0.29, 0.717) is 0 Å². The molecular weight excluding hydrogens is 376 g/mol. The van der Waals surface area contributed by atoms with Crippen LogP contribution in [0.2, 0.25) is 0 Å². The van der Waals surface area contributed by atoms with Crippen molar-refractivity contribution in [2.45, 2.75) is 73.1 Å². The second-order valence-electron chi connectivity index (χ2n) is 7.25. The van der Waals surface area contributed by atoms with E-state index in [1.807, 2.05) is 6.92 Å². The van der Waals surface area contributed by atoms with Crippen molar-refractivity contribution in [2.24, 2.45) is 5.73 Å². The van der Waals surface area contributed by atoms with Gasteiger partial charge in [-0.2, -0.15) is 13.1 Å². The van der Waals surface area contributed by atoms with E-state index >= 15 is 0 Å². The zero-order valence-electron chi connectivity index (χ0n) is 17.9. The van der Waals surface area contributed by atoms with Gasteiger partial charge in [0.15, 0.2) is 0 Å². The summed E-state index contributed by atoms with van der Waals surface area (Å²) in [5.74, 6) is 0. The van der Waals surface area contributed by atoms with Gasteiger partial charge >= 0.3 is 16.4 Å². The number of nitrogens with two attached hydrogens (primary N) is 1. The van der Waals surface area contributed by atoms with Crippen LogP contribution >= 0.6 is 0 Å². The minimum Gasteiger partial charge on any atom is -0.334 e. The first-order valence-corrected chi connectivity index (χ1v) is 11.0. The van der Waals surface area contributed by atoms with Gasteiger partial charge in [-0.3, -0.25) is 0 Å². The summed E-state index contributed by atoms with van der Waals surface area (Å²) in [6, 6.07) is 0. The lowest BCUT2D eigenvalue weighted by Gasteiger charge is -2.04.